The van der Waals surface area contributed by atoms with Crippen molar-refractivity contribution in [2.24, 2.45) is 0 Å². The summed E-state index contributed by atoms with van der Waals surface area (Å²) in [6.45, 7) is 0. The molecule has 1 radical (unpaired) electrons. The molecule has 0 aliphatic heterocycles. The van der Waals surface area contributed by atoms with E-state index in [0.29, 0.717) is 0 Å². The predicted molar refractivity (Wildman–Crippen MR) is 28.8 cm³/mol. The Morgan fingerprint density at radius 2 is 1.20 bits per heavy atom. The largest absolute Gasteiger partial charge is 0.549 e. The van der Waals surface area contributed by atoms with Crippen LogP contribution in [0, 0.1) is 4.89 Å². The number of nitrogens with zero attached hydrogens (tertiary/aromatic N) is 1. The van der Waals surface area contributed by atoms with Crippen LogP contribution in [0.25, 0.3) is 0 Å². The summed E-state index contributed by atoms with van der Waals surface area (Å²) in [5, 5.41) is 0. The molecule has 0 aromatic heterocycles. The molecule has 0 amide bonds. The molecule has 57 valence electrons. The molecule has 0 bridgehead atoms. The van der Waals surface area contributed by atoms with Crippen LogP contribution in [0.15, 0.2) is 0 Å². The van der Waals surface area contributed by atoms with Gasteiger partial charge in [0.05, 0.1) is 0 Å². The number of rotatable bonds is 0. The zero-order chi connectivity index (χ0) is 9.21. The van der Waals surface area contributed by atoms with Gasteiger partial charge in [-0.1, -0.05) is 0 Å². The molecule has 0 aromatic carbocycles. The number of hydrogen-bond donors (Lipinski definition) is 2. The zero-order valence-electron chi connectivity index (χ0n) is 4.38. The van der Waals surface area contributed by atoms with E-state index in [1.807, 2.05) is 9.88 Å². The summed E-state index contributed by atoms with van der Waals surface area (Å²) < 4.78 is 48.4. The van der Waals surface area contributed by atoms with E-state index in [0.717, 1.165) is 0 Å². The molecule has 0 unspecified atom stereocenters. The van der Waals surface area contributed by atoms with Gasteiger partial charge in [0.15, 0.2) is 0 Å². The number of hydrogen-bond acceptors (Lipinski definition) is 5. The lowest BCUT2D eigenvalue weighted by Gasteiger charge is -1.68. The van der Waals surface area contributed by atoms with Gasteiger partial charge in [-0.25, -0.2) is 0 Å². The van der Waals surface area contributed by atoms with Crippen molar-refractivity contribution in [1.82, 2.24) is 0 Å². The van der Waals surface area contributed by atoms with E-state index in [4.69, 9.17) is 31.3 Å². The Morgan fingerprint density at radius 1 is 1.20 bits per heavy atom. The van der Waals surface area contributed by atoms with Crippen molar-refractivity contribution in [2.75, 3.05) is 0 Å². The monoisotopic (exact) mass is 200 g/mol. The van der Waals surface area contributed by atoms with Gasteiger partial charge in [-0.05, 0) is 0 Å². The van der Waals surface area contributed by atoms with Gasteiger partial charge >= 0.3 is 19.7 Å². The first-order valence-corrected chi connectivity index (χ1v) is 3.99. The Hall–Kier alpha value is -0.386. The molecule has 0 aromatic rings. The standard InChI is InChI=1S/NSi.H2O4S.O2Si/c1-2;1-5(2,3)4;1-3-2/h;(H2,1,2,3,4);. The summed E-state index contributed by atoms with van der Waals surface area (Å²) in [6.07, 6.45) is 0. The molecule has 7 nitrogen and oxygen atoms in total. The molecule has 10 heteroatoms. The Kier molecular flexibility index (Phi) is 18.6. The third kappa shape index (κ3) is 2230. The second kappa shape index (κ2) is 11.4. The van der Waals surface area contributed by atoms with E-state index in [-0.39, 0.29) is 0 Å². The third-order valence-electron chi connectivity index (χ3n) is 0. The molecule has 0 rings (SSSR count). The van der Waals surface area contributed by atoms with Gasteiger partial charge < -0.3 is 0 Å². The maximum atomic E-state index is 8.74. The molecule has 0 saturated heterocycles. The van der Waals surface area contributed by atoms with Gasteiger partial charge in [-0.2, -0.15) is 8.42 Å². The predicted octanol–water partition coefficient (Wildman–Crippen LogP) is -1.64. The van der Waals surface area contributed by atoms with E-state index in [2.05, 4.69) is 0 Å². The van der Waals surface area contributed by atoms with E-state index < -0.39 is 19.7 Å². The van der Waals surface area contributed by atoms with Crippen LogP contribution in [0.2, 0.25) is 0 Å². The van der Waals surface area contributed by atoms with Crippen molar-refractivity contribution in [2.45, 2.75) is 0 Å². The van der Waals surface area contributed by atoms with Crippen LogP contribution in [-0.4, -0.2) is 36.7 Å². The fourth-order valence-corrected chi connectivity index (χ4v) is 0. The lowest BCUT2D eigenvalue weighted by molar-refractivity contribution is 0.381. The maximum absolute atomic E-state index is 8.74. The van der Waals surface area contributed by atoms with Crippen molar-refractivity contribution >= 4 is 29.6 Å². The highest BCUT2D eigenvalue weighted by Crippen LogP contribution is 1.59. The average Bonchev–Trinajstić information content (AvgIpc) is 1.68. The van der Waals surface area contributed by atoms with Gasteiger partial charge in [0.25, 0.3) is 9.88 Å². The van der Waals surface area contributed by atoms with Gasteiger partial charge in [0, 0.05) is 0 Å². The first-order valence-electron chi connectivity index (χ1n) is 1.33. The first-order chi connectivity index (χ1) is 4.41. The maximum Gasteiger partial charge on any atom is 0.549 e. The Bertz CT molecular complexity index is 187. The minimum atomic E-state index is -4.67. The smallest absolute Gasteiger partial charge is 0.276 e. The van der Waals surface area contributed by atoms with E-state index in [1.54, 1.807) is 0 Å². The summed E-state index contributed by atoms with van der Waals surface area (Å²) in [5.74, 6) is 0. The molecule has 0 fully saturated rings. The summed E-state index contributed by atoms with van der Waals surface area (Å²) in [5.41, 5.74) is 0. The van der Waals surface area contributed by atoms with E-state index in [1.165, 1.54) is 0 Å². The van der Waals surface area contributed by atoms with Crippen LogP contribution < -0.4 is 0 Å². The van der Waals surface area contributed by atoms with Crippen molar-refractivity contribution in [1.29, 1.82) is 4.89 Å². The van der Waals surface area contributed by atoms with Gasteiger partial charge in [-0.3, -0.25) is 22.9 Å². The van der Waals surface area contributed by atoms with Gasteiger partial charge in [0.2, 0.25) is 0 Å². The van der Waals surface area contributed by atoms with Crippen molar-refractivity contribution in [3.05, 3.63) is 0 Å². The van der Waals surface area contributed by atoms with Gasteiger partial charge in [-0.15, -0.1) is 0 Å². The zero-order valence-corrected chi connectivity index (χ0v) is 7.20. The second-order valence-electron chi connectivity index (χ2n) is 0.531. The minimum Gasteiger partial charge on any atom is -0.276 e. The normalized spacial score (nSPS) is 6.80. The summed E-state index contributed by atoms with van der Waals surface area (Å²) in [4.78, 5) is 6.81. The fourth-order valence-electron chi connectivity index (χ4n) is 0. The fraction of sp³-hybridized carbons (Fsp3) is 0. The topological polar surface area (TPSA) is 133 Å². The molecule has 0 atom stereocenters. The molecular formula is H2NO6SSi2. The molecule has 10 heavy (non-hydrogen) atoms. The van der Waals surface area contributed by atoms with Crippen LogP contribution in [0.1, 0.15) is 0 Å². The second-order valence-corrected chi connectivity index (χ2v) is 1.59. The highest BCUT2D eigenvalue weighted by atomic mass is 32.3. The van der Waals surface area contributed by atoms with Crippen LogP contribution in [0.5, 0.6) is 0 Å². The SMILES string of the molecule is N#[Si].O=S(=O)(O)O.O=[Si]=O. The van der Waals surface area contributed by atoms with E-state index in [9.17, 15) is 0 Å². The van der Waals surface area contributed by atoms with Crippen LogP contribution >= 0.6 is 0 Å². The van der Waals surface area contributed by atoms with E-state index >= 15 is 0 Å². The molecule has 0 heterocycles. The van der Waals surface area contributed by atoms with Crippen molar-refractivity contribution in [3.63, 3.8) is 0 Å². The Morgan fingerprint density at radius 3 is 1.20 bits per heavy atom. The Labute approximate surface area is 61.6 Å². The quantitative estimate of drug-likeness (QED) is 0.354. The summed E-state index contributed by atoms with van der Waals surface area (Å²) in [6, 6.07) is 0. The molecule has 2 N–H and O–H groups in total. The van der Waals surface area contributed by atoms with Gasteiger partial charge in [0.1, 0.15) is 0 Å². The molecular weight excluding hydrogens is 198 g/mol. The molecule has 0 aliphatic carbocycles. The van der Waals surface area contributed by atoms with Crippen LogP contribution in [0.4, 0.5) is 0 Å². The van der Waals surface area contributed by atoms with Crippen LogP contribution in [-0.2, 0) is 19.3 Å². The first kappa shape index (κ1) is 16.3. The van der Waals surface area contributed by atoms with Crippen molar-refractivity contribution in [3.8, 4) is 0 Å². The lowest BCUT2D eigenvalue weighted by atomic mass is 14.0. The average molecular weight is 200 g/mol. The Balaban J connectivity index is -0.0000000847. The highest BCUT2D eigenvalue weighted by molar-refractivity contribution is 7.79. The summed E-state index contributed by atoms with van der Waals surface area (Å²) >= 11 is 0. The minimum absolute atomic E-state index is 1.42. The third-order valence-corrected chi connectivity index (χ3v) is 0. The molecule has 0 spiro atoms. The summed E-state index contributed by atoms with van der Waals surface area (Å²) in [7, 11) is -4.11. The van der Waals surface area contributed by atoms with Crippen LogP contribution in [0.3, 0.4) is 0 Å². The molecule has 0 aliphatic rings. The lowest BCUT2D eigenvalue weighted by Crippen LogP contribution is -1.89. The molecule has 0 saturated carbocycles. The highest BCUT2D eigenvalue weighted by Gasteiger charge is 1.84. The van der Waals surface area contributed by atoms with Crippen molar-refractivity contribution < 1.29 is 26.4 Å².